The molecule has 0 aromatic carbocycles. The molecule has 0 atom stereocenters. The molecule has 25 heavy (non-hydrogen) atoms. The number of H-pyrrole nitrogens is 1. The number of pyridine rings is 1. The average Bonchev–Trinajstić information content (AvgIpc) is 3.09. The monoisotopic (exact) mass is 342 g/mol. The lowest BCUT2D eigenvalue weighted by molar-refractivity contribution is -0.134. The van der Waals surface area contributed by atoms with Gasteiger partial charge in [-0.05, 0) is 25.8 Å². The van der Waals surface area contributed by atoms with Crippen molar-refractivity contribution in [1.29, 1.82) is 0 Å². The van der Waals surface area contributed by atoms with Crippen molar-refractivity contribution in [2.75, 3.05) is 0 Å². The summed E-state index contributed by atoms with van der Waals surface area (Å²) >= 11 is 0. The number of nitrogens with one attached hydrogen (secondary N) is 3. The highest BCUT2D eigenvalue weighted by molar-refractivity contribution is 6.09. The first-order valence-electron chi connectivity index (χ1n) is 8.29. The summed E-state index contributed by atoms with van der Waals surface area (Å²) in [5.41, 5.74) is 3.08. The van der Waals surface area contributed by atoms with Gasteiger partial charge in [-0.15, -0.1) is 0 Å². The van der Waals surface area contributed by atoms with Gasteiger partial charge in [0, 0.05) is 17.3 Å². The van der Waals surface area contributed by atoms with Gasteiger partial charge in [-0.1, -0.05) is 19.3 Å². The molecule has 2 aromatic rings. The fourth-order valence-corrected chi connectivity index (χ4v) is 3.53. The summed E-state index contributed by atoms with van der Waals surface area (Å²) in [6.07, 6.45) is 5.39. The first-order valence-corrected chi connectivity index (χ1v) is 8.29. The summed E-state index contributed by atoms with van der Waals surface area (Å²) < 4.78 is 0. The van der Waals surface area contributed by atoms with Crippen LogP contribution in [0.5, 0.6) is 0 Å². The van der Waals surface area contributed by atoms with Crippen molar-refractivity contribution in [3.05, 3.63) is 23.5 Å². The van der Waals surface area contributed by atoms with E-state index in [2.05, 4.69) is 25.9 Å². The standard InChI is InChI=1S/C16H18N6O3/c1-9-11-7-10(8-17-12(11)20-19-9)13(23)21-22-14(24)16(18-15(22)25)5-3-2-4-6-16/h7-8H,2-6H2,1H3,(H,18,25)(H,21,23)(H,17,19,20). The largest absolute Gasteiger partial charge is 0.344 e. The second-order valence-electron chi connectivity index (χ2n) is 6.60. The number of aromatic amines is 1. The molecule has 3 N–H and O–H groups in total. The zero-order valence-corrected chi connectivity index (χ0v) is 13.8. The Bertz CT molecular complexity index is 883. The Morgan fingerprint density at radius 2 is 2.04 bits per heavy atom. The number of imide groups is 1. The topological polar surface area (TPSA) is 120 Å². The highest BCUT2D eigenvalue weighted by Crippen LogP contribution is 2.33. The van der Waals surface area contributed by atoms with Gasteiger partial charge in [0.25, 0.3) is 11.8 Å². The SMILES string of the molecule is Cc1[nH]nc2ncc(C(=O)NN3C(=O)NC4(CCCCC4)C3=O)cc12. The molecule has 4 rings (SSSR count). The number of aromatic nitrogens is 3. The molecule has 9 heteroatoms. The van der Waals surface area contributed by atoms with Crippen molar-refractivity contribution in [2.45, 2.75) is 44.6 Å². The smallest absolute Gasteiger partial charge is 0.322 e. The van der Waals surface area contributed by atoms with Gasteiger partial charge in [-0.3, -0.25) is 20.1 Å². The van der Waals surface area contributed by atoms with Crippen LogP contribution in [-0.2, 0) is 4.79 Å². The number of hydrazine groups is 1. The third kappa shape index (κ3) is 2.43. The van der Waals surface area contributed by atoms with E-state index in [1.807, 2.05) is 6.92 Å². The number of carbonyl (C=O) groups is 3. The van der Waals surface area contributed by atoms with Gasteiger partial charge in [-0.2, -0.15) is 10.1 Å². The molecular formula is C16H18N6O3. The van der Waals surface area contributed by atoms with Crippen molar-refractivity contribution >= 4 is 28.9 Å². The van der Waals surface area contributed by atoms with Gasteiger partial charge >= 0.3 is 6.03 Å². The zero-order valence-electron chi connectivity index (χ0n) is 13.8. The van der Waals surface area contributed by atoms with Crippen molar-refractivity contribution in [1.82, 2.24) is 30.9 Å². The van der Waals surface area contributed by atoms with E-state index in [0.29, 0.717) is 23.9 Å². The molecule has 3 heterocycles. The Kier molecular flexibility index (Phi) is 3.45. The lowest BCUT2D eigenvalue weighted by Gasteiger charge is -2.30. The molecule has 130 valence electrons. The fraction of sp³-hybridized carbons (Fsp3) is 0.438. The fourth-order valence-electron chi connectivity index (χ4n) is 3.53. The Hall–Kier alpha value is -2.97. The predicted molar refractivity (Wildman–Crippen MR) is 87.3 cm³/mol. The van der Waals surface area contributed by atoms with Crippen molar-refractivity contribution < 1.29 is 14.4 Å². The maximum atomic E-state index is 12.7. The molecule has 0 bridgehead atoms. The van der Waals surface area contributed by atoms with Crippen LogP contribution in [0.15, 0.2) is 12.3 Å². The van der Waals surface area contributed by atoms with Crippen LogP contribution >= 0.6 is 0 Å². The van der Waals surface area contributed by atoms with E-state index in [9.17, 15) is 14.4 Å². The number of fused-ring (bicyclic) bond motifs is 1. The van der Waals surface area contributed by atoms with Crippen molar-refractivity contribution in [3.63, 3.8) is 0 Å². The average molecular weight is 342 g/mol. The van der Waals surface area contributed by atoms with Crippen LogP contribution < -0.4 is 10.7 Å². The second kappa shape index (κ2) is 5.54. The maximum Gasteiger partial charge on any atom is 0.344 e. The minimum Gasteiger partial charge on any atom is -0.322 e. The predicted octanol–water partition coefficient (Wildman–Crippen LogP) is 1.17. The second-order valence-corrected chi connectivity index (χ2v) is 6.60. The van der Waals surface area contributed by atoms with Gasteiger partial charge in [0.05, 0.1) is 5.56 Å². The van der Waals surface area contributed by atoms with E-state index in [0.717, 1.165) is 30.0 Å². The summed E-state index contributed by atoms with van der Waals surface area (Å²) in [6, 6.07) is 1.04. The van der Waals surface area contributed by atoms with Crippen molar-refractivity contribution in [2.24, 2.45) is 0 Å². The van der Waals surface area contributed by atoms with Crippen LogP contribution in [0.25, 0.3) is 11.0 Å². The number of hydrogen-bond acceptors (Lipinski definition) is 5. The molecule has 2 aromatic heterocycles. The van der Waals surface area contributed by atoms with E-state index in [1.165, 1.54) is 6.20 Å². The summed E-state index contributed by atoms with van der Waals surface area (Å²) in [7, 11) is 0. The number of aryl methyl sites for hydroxylation is 1. The molecule has 1 aliphatic heterocycles. The Morgan fingerprint density at radius 1 is 1.28 bits per heavy atom. The summed E-state index contributed by atoms with van der Waals surface area (Å²) in [6.45, 7) is 1.82. The maximum absolute atomic E-state index is 12.7. The van der Waals surface area contributed by atoms with E-state index in [-0.39, 0.29) is 11.5 Å². The van der Waals surface area contributed by atoms with Gasteiger partial charge < -0.3 is 5.32 Å². The molecule has 2 aliphatic rings. The molecule has 1 saturated carbocycles. The molecule has 4 amide bonds. The molecule has 1 saturated heterocycles. The van der Waals surface area contributed by atoms with E-state index >= 15 is 0 Å². The molecule has 2 fully saturated rings. The first-order chi connectivity index (χ1) is 12.0. The third-order valence-electron chi connectivity index (χ3n) is 4.94. The number of nitrogens with zero attached hydrogens (tertiary/aromatic N) is 3. The lowest BCUT2D eigenvalue weighted by Crippen LogP contribution is -2.50. The normalized spacial score (nSPS) is 19.5. The third-order valence-corrected chi connectivity index (χ3v) is 4.94. The quantitative estimate of drug-likeness (QED) is 0.708. The molecule has 9 nitrogen and oxygen atoms in total. The molecule has 0 unspecified atom stereocenters. The number of amides is 4. The van der Waals surface area contributed by atoms with Crippen LogP contribution in [0, 0.1) is 6.92 Å². The molecule has 1 aliphatic carbocycles. The summed E-state index contributed by atoms with van der Waals surface area (Å²) in [4.78, 5) is 41.5. The van der Waals surface area contributed by atoms with Gasteiger partial charge in [0.15, 0.2) is 5.65 Å². The Labute approximate surface area is 143 Å². The Balaban J connectivity index is 1.56. The number of urea groups is 1. The highest BCUT2D eigenvalue weighted by Gasteiger charge is 2.52. The van der Waals surface area contributed by atoms with Crippen LogP contribution in [-0.4, -0.2) is 43.6 Å². The summed E-state index contributed by atoms with van der Waals surface area (Å²) in [5, 5.41) is 11.1. The van der Waals surface area contributed by atoms with E-state index < -0.39 is 17.5 Å². The van der Waals surface area contributed by atoms with Crippen molar-refractivity contribution in [3.8, 4) is 0 Å². The molecule has 1 spiro atoms. The lowest BCUT2D eigenvalue weighted by atomic mass is 9.82. The number of hydrogen-bond donors (Lipinski definition) is 3. The van der Waals surface area contributed by atoms with Crippen LogP contribution in [0.2, 0.25) is 0 Å². The van der Waals surface area contributed by atoms with E-state index in [1.54, 1.807) is 6.07 Å². The van der Waals surface area contributed by atoms with Gasteiger partial charge in [0.1, 0.15) is 5.54 Å². The minimum absolute atomic E-state index is 0.252. The van der Waals surface area contributed by atoms with Crippen LogP contribution in [0.1, 0.15) is 48.2 Å². The van der Waals surface area contributed by atoms with Crippen LogP contribution in [0.3, 0.4) is 0 Å². The Morgan fingerprint density at radius 3 is 2.80 bits per heavy atom. The number of carbonyl (C=O) groups excluding carboxylic acids is 3. The molecule has 0 radical (unpaired) electrons. The minimum atomic E-state index is -0.869. The van der Waals surface area contributed by atoms with Crippen LogP contribution in [0.4, 0.5) is 4.79 Å². The summed E-state index contributed by atoms with van der Waals surface area (Å²) in [5.74, 6) is -0.953. The van der Waals surface area contributed by atoms with Gasteiger partial charge in [0.2, 0.25) is 0 Å². The van der Waals surface area contributed by atoms with E-state index in [4.69, 9.17) is 0 Å². The first kappa shape index (κ1) is 15.6. The number of rotatable bonds is 2. The van der Waals surface area contributed by atoms with Gasteiger partial charge in [-0.25, -0.2) is 9.78 Å². The molecular weight excluding hydrogens is 324 g/mol. The zero-order chi connectivity index (χ0) is 17.6. The highest BCUT2D eigenvalue weighted by atomic mass is 16.2.